The van der Waals surface area contributed by atoms with Crippen LogP contribution in [0.2, 0.25) is 0 Å². The van der Waals surface area contributed by atoms with Crippen LogP contribution < -0.4 is 10.2 Å². The summed E-state index contributed by atoms with van der Waals surface area (Å²) < 4.78 is 14.4. The lowest BCUT2D eigenvalue weighted by molar-refractivity contribution is 0.279. The largest absolute Gasteiger partial charge is 0.369 e. The quantitative estimate of drug-likeness (QED) is 0.891. The van der Waals surface area contributed by atoms with Crippen LogP contribution in [-0.2, 0) is 0 Å². The molecule has 20 heavy (non-hydrogen) atoms. The van der Waals surface area contributed by atoms with Crippen LogP contribution in [0.3, 0.4) is 0 Å². The third-order valence-corrected chi connectivity index (χ3v) is 4.44. The molecule has 0 spiro atoms. The number of rotatable bonds is 4. The zero-order chi connectivity index (χ0) is 14.8. The van der Waals surface area contributed by atoms with Gasteiger partial charge in [0.05, 0.1) is 5.69 Å². The zero-order valence-electron chi connectivity index (χ0n) is 13.2. The van der Waals surface area contributed by atoms with Gasteiger partial charge in [-0.15, -0.1) is 0 Å². The Bertz CT molecular complexity index is 446. The van der Waals surface area contributed by atoms with E-state index in [0.717, 1.165) is 43.7 Å². The van der Waals surface area contributed by atoms with Gasteiger partial charge in [-0.2, -0.15) is 0 Å². The standard InChI is InChI=1S/C17H27FN2/c1-5-19-13(2)14-6-7-16(15(18)12-14)20-10-8-17(3,4)9-11-20/h6-7,12-13,19H,5,8-11H2,1-4H3. The van der Waals surface area contributed by atoms with Gasteiger partial charge < -0.3 is 10.2 Å². The number of hydrogen-bond acceptors (Lipinski definition) is 2. The third kappa shape index (κ3) is 3.51. The molecule has 1 heterocycles. The van der Waals surface area contributed by atoms with Gasteiger partial charge >= 0.3 is 0 Å². The molecule has 0 aliphatic carbocycles. The van der Waals surface area contributed by atoms with Gasteiger partial charge in [-0.1, -0.05) is 26.8 Å². The molecule has 1 aliphatic heterocycles. The molecular formula is C17H27FN2. The summed E-state index contributed by atoms with van der Waals surface area (Å²) in [5, 5.41) is 3.32. The molecule has 1 aromatic rings. The molecule has 0 radical (unpaired) electrons. The lowest BCUT2D eigenvalue weighted by Gasteiger charge is -2.38. The van der Waals surface area contributed by atoms with E-state index in [2.05, 4.69) is 37.9 Å². The van der Waals surface area contributed by atoms with E-state index >= 15 is 0 Å². The second kappa shape index (κ2) is 6.13. The number of benzene rings is 1. The van der Waals surface area contributed by atoms with E-state index in [-0.39, 0.29) is 11.9 Å². The van der Waals surface area contributed by atoms with Gasteiger partial charge in [0.2, 0.25) is 0 Å². The first-order valence-electron chi connectivity index (χ1n) is 7.71. The van der Waals surface area contributed by atoms with Crippen molar-refractivity contribution in [2.24, 2.45) is 5.41 Å². The molecular weight excluding hydrogens is 251 g/mol. The molecule has 1 aliphatic rings. The first kappa shape index (κ1) is 15.3. The molecule has 112 valence electrons. The van der Waals surface area contributed by atoms with Crippen molar-refractivity contribution in [2.45, 2.75) is 46.6 Å². The summed E-state index contributed by atoms with van der Waals surface area (Å²) in [6.45, 7) is 11.5. The molecule has 1 unspecified atom stereocenters. The minimum atomic E-state index is -0.0908. The number of piperidine rings is 1. The van der Waals surface area contributed by atoms with Gasteiger partial charge in [0.1, 0.15) is 5.82 Å². The van der Waals surface area contributed by atoms with E-state index in [1.807, 2.05) is 12.1 Å². The molecule has 1 N–H and O–H groups in total. The summed E-state index contributed by atoms with van der Waals surface area (Å²) in [6.07, 6.45) is 2.25. The van der Waals surface area contributed by atoms with Crippen LogP contribution >= 0.6 is 0 Å². The number of hydrogen-bond donors (Lipinski definition) is 1. The molecule has 1 fully saturated rings. The maximum atomic E-state index is 14.4. The first-order chi connectivity index (χ1) is 9.43. The molecule has 3 heteroatoms. The molecule has 0 aromatic heterocycles. The van der Waals surface area contributed by atoms with Crippen molar-refractivity contribution in [3.05, 3.63) is 29.6 Å². The number of nitrogens with one attached hydrogen (secondary N) is 1. The molecule has 2 nitrogen and oxygen atoms in total. The van der Waals surface area contributed by atoms with Crippen molar-refractivity contribution in [1.82, 2.24) is 5.32 Å². The van der Waals surface area contributed by atoms with Crippen LogP contribution in [0, 0.1) is 11.2 Å². The normalized spacial score (nSPS) is 19.9. The summed E-state index contributed by atoms with van der Waals surface area (Å²) in [5.41, 5.74) is 2.17. The Morgan fingerprint density at radius 1 is 1.30 bits per heavy atom. The van der Waals surface area contributed by atoms with Crippen molar-refractivity contribution in [3.8, 4) is 0 Å². The van der Waals surface area contributed by atoms with Crippen molar-refractivity contribution < 1.29 is 4.39 Å². The van der Waals surface area contributed by atoms with E-state index in [1.54, 1.807) is 6.07 Å². The lowest BCUT2D eigenvalue weighted by atomic mass is 9.82. The Morgan fingerprint density at radius 2 is 1.95 bits per heavy atom. The van der Waals surface area contributed by atoms with E-state index in [0.29, 0.717) is 5.41 Å². The van der Waals surface area contributed by atoms with E-state index in [4.69, 9.17) is 0 Å². The smallest absolute Gasteiger partial charge is 0.146 e. The van der Waals surface area contributed by atoms with Crippen LogP contribution in [0.1, 0.15) is 52.1 Å². The summed E-state index contributed by atoms with van der Waals surface area (Å²) in [4.78, 5) is 2.18. The van der Waals surface area contributed by atoms with E-state index < -0.39 is 0 Å². The Balaban J connectivity index is 2.10. The predicted octanol–water partition coefficient (Wildman–Crippen LogP) is 4.12. The minimum Gasteiger partial charge on any atom is -0.369 e. The highest BCUT2D eigenvalue weighted by atomic mass is 19.1. The van der Waals surface area contributed by atoms with Gasteiger partial charge in [0, 0.05) is 19.1 Å². The molecule has 0 amide bonds. The van der Waals surface area contributed by atoms with Gasteiger partial charge in [-0.3, -0.25) is 0 Å². The van der Waals surface area contributed by atoms with Crippen molar-refractivity contribution in [2.75, 3.05) is 24.5 Å². The van der Waals surface area contributed by atoms with E-state index in [9.17, 15) is 4.39 Å². The highest BCUT2D eigenvalue weighted by Crippen LogP contribution is 2.33. The summed E-state index contributed by atoms with van der Waals surface area (Å²) in [6, 6.07) is 5.87. The van der Waals surface area contributed by atoms with Crippen molar-refractivity contribution in [3.63, 3.8) is 0 Å². The average molecular weight is 278 g/mol. The number of nitrogens with zero attached hydrogens (tertiary/aromatic N) is 1. The topological polar surface area (TPSA) is 15.3 Å². The van der Waals surface area contributed by atoms with Crippen LogP contribution in [0.15, 0.2) is 18.2 Å². The maximum Gasteiger partial charge on any atom is 0.146 e. The fraction of sp³-hybridized carbons (Fsp3) is 0.647. The van der Waals surface area contributed by atoms with E-state index in [1.165, 1.54) is 0 Å². The molecule has 1 aromatic carbocycles. The van der Waals surface area contributed by atoms with Gasteiger partial charge in [-0.25, -0.2) is 4.39 Å². The molecule has 1 atom stereocenters. The van der Waals surface area contributed by atoms with Crippen LogP contribution in [-0.4, -0.2) is 19.6 Å². The van der Waals surface area contributed by atoms with Crippen LogP contribution in [0.5, 0.6) is 0 Å². The number of halogens is 1. The summed E-state index contributed by atoms with van der Waals surface area (Å²) >= 11 is 0. The first-order valence-corrected chi connectivity index (χ1v) is 7.71. The second-order valence-corrected chi connectivity index (χ2v) is 6.64. The Kier molecular flexibility index (Phi) is 4.69. The van der Waals surface area contributed by atoms with Gasteiger partial charge in [0.15, 0.2) is 0 Å². The van der Waals surface area contributed by atoms with Gasteiger partial charge in [0.25, 0.3) is 0 Å². The third-order valence-electron chi connectivity index (χ3n) is 4.44. The highest BCUT2D eigenvalue weighted by Gasteiger charge is 2.26. The maximum absolute atomic E-state index is 14.4. The fourth-order valence-electron chi connectivity index (χ4n) is 2.83. The zero-order valence-corrected chi connectivity index (χ0v) is 13.2. The number of anilines is 1. The Hall–Kier alpha value is -1.09. The minimum absolute atomic E-state index is 0.0908. The van der Waals surface area contributed by atoms with Crippen LogP contribution in [0.25, 0.3) is 0 Å². The van der Waals surface area contributed by atoms with Crippen LogP contribution in [0.4, 0.5) is 10.1 Å². The van der Waals surface area contributed by atoms with Gasteiger partial charge in [-0.05, 0) is 49.4 Å². The highest BCUT2D eigenvalue weighted by molar-refractivity contribution is 5.50. The molecule has 2 rings (SSSR count). The molecule has 1 saturated heterocycles. The second-order valence-electron chi connectivity index (χ2n) is 6.64. The summed E-state index contributed by atoms with van der Waals surface area (Å²) in [5.74, 6) is -0.0908. The van der Waals surface area contributed by atoms with Crippen molar-refractivity contribution >= 4 is 5.69 Å². The summed E-state index contributed by atoms with van der Waals surface area (Å²) in [7, 11) is 0. The van der Waals surface area contributed by atoms with Crippen molar-refractivity contribution in [1.29, 1.82) is 0 Å². The monoisotopic (exact) mass is 278 g/mol. The fourth-order valence-corrected chi connectivity index (χ4v) is 2.83. The average Bonchev–Trinajstić information content (AvgIpc) is 2.39. The molecule has 0 bridgehead atoms. The molecule has 0 saturated carbocycles. The predicted molar refractivity (Wildman–Crippen MR) is 83.7 cm³/mol. The Labute approximate surface area is 122 Å². The lowest BCUT2D eigenvalue weighted by Crippen LogP contribution is -2.37. The SMILES string of the molecule is CCNC(C)c1ccc(N2CCC(C)(C)CC2)c(F)c1. The Morgan fingerprint density at radius 3 is 2.50 bits per heavy atom.